The van der Waals surface area contributed by atoms with E-state index in [1.54, 1.807) is 4.90 Å². The second-order valence-corrected chi connectivity index (χ2v) is 10.2. The Morgan fingerprint density at radius 1 is 1.14 bits per heavy atom. The van der Waals surface area contributed by atoms with Gasteiger partial charge in [-0.2, -0.15) is 5.10 Å². The molecule has 6 nitrogen and oxygen atoms in total. The lowest BCUT2D eigenvalue weighted by Crippen LogP contribution is -2.34. The molecule has 0 saturated carbocycles. The number of carbonyl (C=O) groups is 1. The molecule has 184 valence electrons. The third-order valence-electron chi connectivity index (χ3n) is 5.85. The molecule has 8 heteroatoms. The number of fused-ring (bicyclic) bond motifs is 1. The summed E-state index contributed by atoms with van der Waals surface area (Å²) in [6, 6.07) is 13.2. The Labute approximate surface area is 215 Å². The van der Waals surface area contributed by atoms with E-state index in [4.69, 9.17) is 21.3 Å². The smallest absolute Gasteiger partial charge is 0.260 e. The number of carbonyl (C=O) groups excluding carboxylic acids is 1. The van der Waals surface area contributed by atoms with Gasteiger partial charge >= 0.3 is 0 Å². The molecule has 0 radical (unpaired) electrons. The highest BCUT2D eigenvalue weighted by Gasteiger charge is 2.23. The lowest BCUT2D eigenvalue weighted by Gasteiger charge is -2.21. The van der Waals surface area contributed by atoms with Crippen LogP contribution in [-0.2, 0) is 6.54 Å². The first-order chi connectivity index (χ1) is 16.9. The average Bonchev–Trinajstić information content (AvgIpc) is 3.39. The number of nitrogens with zero attached hydrogens (tertiary/aromatic N) is 4. The van der Waals surface area contributed by atoms with E-state index in [2.05, 4.69) is 12.0 Å². The standard InChI is InChI=1S/C27H31ClN4O2S/c1-5-6-7-13-34-23-10-8-9-21(16-23)26(33)31(11-12-32-20(4)15-19(3)30-32)27-29-25-18(2)14-22(28)17-24(25)35-27/h8-10,14-17H,5-7,11-13H2,1-4H3. The normalized spacial score (nSPS) is 11.2. The number of benzene rings is 2. The van der Waals surface area contributed by atoms with E-state index in [9.17, 15) is 4.79 Å². The van der Waals surface area contributed by atoms with E-state index >= 15 is 0 Å². The topological polar surface area (TPSA) is 60.2 Å². The number of hydrogen-bond donors (Lipinski definition) is 0. The van der Waals surface area contributed by atoms with Crippen LogP contribution in [0, 0.1) is 20.8 Å². The summed E-state index contributed by atoms with van der Waals surface area (Å²) in [7, 11) is 0. The highest BCUT2D eigenvalue weighted by molar-refractivity contribution is 7.22. The van der Waals surface area contributed by atoms with Crippen LogP contribution in [0.1, 0.15) is 53.5 Å². The fraction of sp³-hybridized carbons (Fsp3) is 0.370. The Morgan fingerprint density at radius 2 is 1.97 bits per heavy atom. The van der Waals surface area contributed by atoms with Crippen molar-refractivity contribution in [2.24, 2.45) is 0 Å². The molecule has 0 spiro atoms. The van der Waals surface area contributed by atoms with Gasteiger partial charge in [-0.1, -0.05) is 48.8 Å². The molecule has 0 atom stereocenters. The summed E-state index contributed by atoms with van der Waals surface area (Å²) in [4.78, 5) is 20.4. The zero-order valence-electron chi connectivity index (χ0n) is 20.7. The molecule has 0 bridgehead atoms. The van der Waals surface area contributed by atoms with Gasteiger partial charge in [0.15, 0.2) is 5.13 Å². The van der Waals surface area contributed by atoms with Crippen molar-refractivity contribution in [3.8, 4) is 5.75 Å². The average molecular weight is 511 g/mol. The number of rotatable bonds is 10. The third-order valence-corrected chi connectivity index (χ3v) is 7.09. The van der Waals surface area contributed by atoms with E-state index < -0.39 is 0 Å². The highest BCUT2D eigenvalue weighted by Crippen LogP contribution is 2.34. The Hall–Kier alpha value is -2.90. The summed E-state index contributed by atoms with van der Waals surface area (Å²) in [5.41, 5.74) is 4.44. The van der Waals surface area contributed by atoms with Crippen LogP contribution in [0.5, 0.6) is 5.75 Å². The fourth-order valence-electron chi connectivity index (χ4n) is 4.06. The maximum Gasteiger partial charge on any atom is 0.260 e. The Kier molecular flexibility index (Phi) is 8.08. The molecular formula is C27H31ClN4O2S. The minimum absolute atomic E-state index is 0.117. The van der Waals surface area contributed by atoms with Gasteiger partial charge in [0.2, 0.25) is 0 Å². The van der Waals surface area contributed by atoms with Gasteiger partial charge in [-0.3, -0.25) is 14.4 Å². The molecular weight excluding hydrogens is 480 g/mol. The Balaban J connectivity index is 1.64. The number of ether oxygens (including phenoxy) is 1. The largest absolute Gasteiger partial charge is 0.494 e. The molecule has 0 N–H and O–H groups in total. The minimum atomic E-state index is -0.117. The number of amides is 1. The number of unbranched alkanes of at least 4 members (excludes halogenated alkanes) is 2. The van der Waals surface area contributed by atoms with Crippen LogP contribution in [0.25, 0.3) is 10.2 Å². The number of aryl methyl sites for hydroxylation is 3. The van der Waals surface area contributed by atoms with Gasteiger partial charge in [-0.25, -0.2) is 4.98 Å². The van der Waals surface area contributed by atoms with Crippen LogP contribution < -0.4 is 9.64 Å². The molecule has 0 aliphatic rings. The van der Waals surface area contributed by atoms with Crippen LogP contribution in [0.3, 0.4) is 0 Å². The van der Waals surface area contributed by atoms with Crippen molar-refractivity contribution >= 4 is 44.2 Å². The monoisotopic (exact) mass is 510 g/mol. The quantitative estimate of drug-likeness (QED) is 0.216. The first-order valence-corrected chi connectivity index (χ1v) is 13.2. The molecule has 2 heterocycles. The van der Waals surface area contributed by atoms with Gasteiger partial charge in [-0.15, -0.1) is 0 Å². The highest BCUT2D eigenvalue weighted by atomic mass is 35.5. The van der Waals surface area contributed by atoms with E-state index in [1.165, 1.54) is 11.3 Å². The molecule has 35 heavy (non-hydrogen) atoms. The summed E-state index contributed by atoms with van der Waals surface area (Å²) in [5, 5.41) is 5.87. The zero-order valence-corrected chi connectivity index (χ0v) is 22.2. The van der Waals surface area contributed by atoms with Gasteiger partial charge in [-0.05, 0) is 69.2 Å². The predicted molar refractivity (Wildman–Crippen MR) is 144 cm³/mol. The molecule has 2 aromatic heterocycles. The Morgan fingerprint density at radius 3 is 2.71 bits per heavy atom. The summed E-state index contributed by atoms with van der Waals surface area (Å²) in [6.45, 7) is 9.79. The van der Waals surface area contributed by atoms with Crippen LogP contribution in [0.15, 0.2) is 42.5 Å². The number of thiazole rings is 1. The molecule has 0 aliphatic heterocycles. The van der Waals surface area contributed by atoms with Crippen molar-refractivity contribution < 1.29 is 9.53 Å². The minimum Gasteiger partial charge on any atom is -0.494 e. The van der Waals surface area contributed by atoms with Crippen molar-refractivity contribution in [3.63, 3.8) is 0 Å². The molecule has 0 aliphatic carbocycles. The summed E-state index contributed by atoms with van der Waals surface area (Å²) in [6.07, 6.45) is 3.26. The van der Waals surface area contributed by atoms with Gasteiger partial charge in [0.05, 0.1) is 29.1 Å². The van der Waals surface area contributed by atoms with Gasteiger partial charge < -0.3 is 4.74 Å². The molecule has 0 saturated heterocycles. The molecule has 1 amide bonds. The van der Waals surface area contributed by atoms with Crippen LogP contribution in [-0.4, -0.2) is 33.8 Å². The molecule has 4 aromatic rings. The van der Waals surface area contributed by atoms with Gasteiger partial charge in [0.1, 0.15) is 5.75 Å². The van der Waals surface area contributed by atoms with E-state index in [-0.39, 0.29) is 5.91 Å². The van der Waals surface area contributed by atoms with Crippen LogP contribution >= 0.6 is 22.9 Å². The van der Waals surface area contributed by atoms with Crippen molar-refractivity contribution in [2.75, 3.05) is 18.1 Å². The first kappa shape index (κ1) is 25.2. The second-order valence-electron chi connectivity index (χ2n) is 8.76. The first-order valence-electron chi connectivity index (χ1n) is 12.0. The van der Waals surface area contributed by atoms with Crippen LogP contribution in [0.4, 0.5) is 5.13 Å². The SMILES string of the molecule is CCCCCOc1cccc(C(=O)N(CCn2nc(C)cc2C)c2nc3c(C)cc(Cl)cc3s2)c1. The summed E-state index contributed by atoms with van der Waals surface area (Å²) in [5.74, 6) is 0.589. The maximum atomic E-state index is 13.8. The van der Waals surface area contributed by atoms with E-state index in [1.807, 2.05) is 67.9 Å². The predicted octanol–water partition coefficient (Wildman–Crippen LogP) is 6.99. The summed E-state index contributed by atoms with van der Waals surface area (Å²) >= 11 is 7.76. The fourth-order valence-corrected chi connectivity index (χ4v) is 5.50. The lowest BCUT2D eigenvalue weighted by molar-refractivity contribution is 0.0985. The number of anilines is 1. The Bertz CT molecular complexity index is 1330. The van der Waals surface area contributed by atoms with E-state index in [0.29, 0.717) is 41.2 Å². The summed E-state index contributed by atoms with van der Waals surface area (Å²) < 4.78 is 8.79. The van der Waals surface area contributed by atoms with Crippen molar-refractivity contribution in [2.45, 2.75) is 53.5 Å². The van der Waals surface area contributed by atoms with Crippen molar-refractivity contribution in [1.82, 2.24) is 14.8 Å². The van der Waals surface area contributed by atoms with Crippen molar-refractivity contribution in [3.05, 3.63) is 70.0 Å². The van der Waals surface area contributed by atoms with E-state index in [0.717, 1.165) is 46.4 Å². The second kappa shape index (κ2) is 11.2. The lowest BCUT2D eigenvalue weighted by atomic mass is 10.2. The molecule has 0 unspecified atom stereocenters. The van der Waals surface area contributed by atoms with Crippen LogP contribution in [0.2, 0.25) is 5.02 Å². The maximum absolute atomic E-state index is 13.8. The molecule has 2 aromatic carbocycles. The zero-order chi connectivity index (χ0) is 24.9. The number of halogens is 1. The molecule has 0 fully saturated rings. The van der Waals surface area contributed by atoms with Gasteiger partial charge in [0, 0.05) is 22.8 Å². The molecule has 4 rings (SSSR count). The third kappa shape index (κ3) is 6.03. The van der Waals surface area contributed by atoms with Gasteiger partial charge in [0.25, 0.3) is 5.91 Å². The van der Waals surface area contributed by atoms with Crippen molar-refractivity contribution in [1.29, 1.82) is 0 Å². The number of hydrogen-bond acceptors (Lipinski definition) is 5. The number of aromatic nitrogens is 3.